The zero-order valence-corrected chi connectivity index (χ0v) is 15.1. The van der Waals surface area contributed by atoms with E-state index in [0.717, 1.165) is 29.0 Å². The maximum atomic E-state index is 13.0. The standard InChI is InChI=1S/C20H24N2O3/c1-5-15-12-22(17-11-14(3)7-9-19(17)25-15)20(23)21-16-10-13(2)6-8-18(16)24-4/h6-11,15H,5,12H2,1-4H3,(H,21,23)/t15-/m0/s1. The van der Waals surface area contributed by atoms with Gasteiger partial charge < -0.3 is 14.8 Å². The molecule has 1 aliphatic rings. The maximum absolute atomic E-state index is 13.0. The van der Waals surface area contributed by atoms with Gasteiger partial charge in [0, 0.05) is 0 Å². The summed E-state index contributed by atoms with van der Waals surface area (Å²) in [5.74, 6) is 1.39. The van der Waals surface area contributed by atoms with Gasteiger partial charge in [-0.05, 0) is 55.7 Å². The second kappa shape index (κ2) is 7.05. The third-order valence-corrected chi connectivity index (χ3v) is 4.38. The van der Waals surface area contributed by atoms with Crippen molar-refractivity contribution in [2.24, 2.45) is 0 Å². The van der Waals surface area contributed by atoms with Crippen molar-refractivity contribution in [1.29, 1.82) is 0 Å². The minimum Gasteiger partial charge on any atom is -0.495 e. The topological polar surface area (TPSA) is 50.8 Å². The van der Waals surface area contributed by atoms with Crippen LogP contribution in [0.15, 0.2) is 36.4 Å². The van der Waals surface area contributed by atoms with E-state index in [-0.39, 0.29) is 12.1 Å². The Balaban J connectivity index is 1.92. The number of rotatable bonds is 3. The molecule has 0 saturated carbocycles. The van der Waals surface area contributed by atoms with Crippen LogP contribution in [0.2, 0.25) is 0 Å². The summed E-state index contributed by atoms with van der Waals surface area (Å²) < 4.78 is 11.3. The molecule has 132 valence electrons. The molecule has 0 fully saturated rings. The number of aryl methyl sites for hydroxylation is 2. The second-order valence-corrected chi connectivity index (χ2v) is 6.36. The number of fused-ring (bicyclic) bond motifs is 1. The number of nitrogens with zero attached hydrogens (tertiary/aromatic N) is 1. The van der Waals surface area contributed by atoms with Gasteiger partial charge in [-0.2, -0.15) is 0 Å². The fraction of sp³-hybridized carbons (Fsp3) is 0.350. The summed E-state index contributed by atoms with van der Waals surface area (Å²) >= 11 is 0. The minimum absolute atomic E-state index is 0.0136. The third-order valence-electron chi connectivity index (χ3n) is 4.38. The largest absolute Gasteiger partial charge is 0.495 e. The number of benzene rings is 2. The molecule has 2 aromatic rings. The second-order valence-electron chi connectivity index (χ2n) is 6.36. The van der Waals surface area contributed by atoms with Gasteiger partial charge in [0.1, 0.15) is 17.6 Å². The molecule has 0 saturated heterocycles. The average Bonchev–Trinajstić information content (AvgIpc) is 2.61. The molecule has 1 N–H and O–H groups in total. The molecule has 2 amide bonds. The first-order valence-electron chi connectivity index (χ1n) is 8.52. The van der Waals surface area contributed by atoms with Crippen molar-refractivity contribution < 1.29 is 14.3 Å². The Labute approximate surface area is 148 Å². The van der Waals surface area contributed by atoms with Crippen LogP contribution in [-0.2, 0) is 0 Å². The SMILES string of the molecule is CC[C@H]1CN(C(=O)Nc2cc(C)ccc2OC)c2cc(C)ccc2O1. The van der Waals surface area contributed by atoms with Crippen LogP contribution in [0, 0.1) is 13.8 Å². The fourth-order valence-electron chi connectivity index (χ4n) is 2.96. The van der Waals surface area contributed by atoms with E-state index in [1.54, 1.807) is 12.0 Å². The van der Waals surface area contributed by atoms with Crippen LogP contribution in [0.4, 0.5) is 16.2 Å². The van der Waals surface area contributed by atoms with Crippen molar-refractivity contribution in [2.45, 2.75) is 33.3 Å². The van der Waals surface area contributed by atoms with Crippen LogP contribution in [0.25, 0.3) is 0 Å². The molecule has 0 spiro atoms. The predicted molar refractivity (Wildman–Crippen MR) is 100.0 cm³/mol. The van der Waals surface area contributed by atoms with Crippen molar-refractivity contribution in [2.75, 3.05) is 23.9 Å². The van der Waals surface area contributed by atoms with Gasteiger partial charge in [0.15, 0.2) is 0 Å². The highest BCUT2D eigenvalue weighted by Crippen LogP contribution is 2.36. The van der Waals surface area contributed by atoms with Crippen LogP contribution in [-0.4, -0.2) is 25.8 Å². The molecule has 0 unspecified atom stereocenters. The Hall–Kier alpha value is -2.69. The number of anilines is 2. The number of urea groups is 1. The Morgan fingerprint density at radius 1 is 1.24 bits per heavy atom. The van der Waals surface area contributed by atoms with Gasteiger partial charge in [-0.3, -0.25) is 4.90 Å². The van der Waals surface area contributed by atoms with Crippen molar-refractivity contribution >= 4 is 17.4 Å². The van der Waals surface area contributed by atoms with Crippen molar-refractivity contribution in [3.05, 3.63) is 47.5 Å². The number of ether oxygens (including phenoxy) is 2. The van der Waals surface area contributed by atoms with E-state index in [0.29, 0.717) is 18.0 Å². The van der Waals surface area contributed by atoms with Crippen LogP contribution in [0.1, 0.15) is 24.5 Å². The summed E-state index contributed by atoms with van der Waals surface area (Å²) in [4.78, 5) is 14.7. The van der Waals surface area contributed by atoms with E-state index in [9.17, 15) is 4.79 Å². The molecular formula is C20H24N2O3. The summed E-state index contributed by atoms with van der Waals surface area (Å²) in [5, 5.41) is 2.98. The van der Waals surface area contributed by atoms with Gasteiger partial charge in [0.25, 0.3) is 0 Å². The van der Waals surface area contributed by atoms with Crippen LogP contribution >= 0.6 is 0 Å². The lowest BCUT2D eigenvalue weighted by molar-refractivity contribution is 0.188. The van der Waals surface area contributed by atoms with Gasteiger partial charge in [-0.25, -0.2) is 4.79 Å². The number of hydrogen-bond acceptors (Lipinski definition) is 3. The van der Waals surface area contributed by atoms with E-state index in [1.807, 2.05) is 50.2 Å². The lowest BCUT2D eigenvalue weighted by Crippen LogP contribution is -2.45. The van der Waals surface area contributed by atoms with Crippen molar-refractivity contribution in [3.63, 3.8) is 0 Å². The monoisotopic (exact) mass is 340 g/mol. The summed E-state index contributed by atoms with van der Waals surface area (Å²) in [7, 11) is 1.60. The van der Waals surface area contributed by atoms with E-state index < -0.39 is 0 Å². The first kappa shape index (κ1) is 17.1. The molecule has 5 heteroatoms. The van der Waals surface area contributed by atoms with E-state index in [2.05, 4.69) is 12.2 Å². The molecule has 0 aliphatic carbocycles. The number of hydrogen-bond donors (Lipinski definition) is 1. The normalized spacial score (nSPS) is 16.0. The zero-order chi connectivity index (χ0) is 18.0. The quantitative estimate of drug-likeness (QED) is 0.893. The third kappa shape index (κ3) is 3.55. The minimum atomic E-state index is -0.183. The van der Waals surface area contributed by atoms with Gasteiger partial charge in [-0.1, -0.05) is 19.1 Å². The molecule has 0 aromatic heterocycles. The molecule has 1 atom stereocenters. The molecule has 1 aliphatic heterocycles. The highest BCUT2D eigenvalue weighted by molar-refractivity contribution is 6.04. The first-order chi connectivity index (χ1) is 12.0. The summed E-state index contributed by atoms with van der Waals surface area (Å²) in [5.41, 5.74) is 3.61. The van der Waals surface area contributed by atoms with Crippen LogP contribution in [0.3, 0.4) is 0 Å². The van der Waals surface area contributed by atoms with Crippen molar-refractivity contribution in [3.8, 4) is 11.5 Å². The smallest absolute Gasteiger partial charge is 0.326 e. The fourth-order valence-corrected chi connectivity index (χ4v) is 2.96. The zero-order valence-electron chi connectivity index (χ0n) is 15.1. The molecule has 1 heterocycles. The van der Waals surface area contributed by atoms with E-state index >= 15 is 0 Å². The highest BCUT2D eigenvalue weighted by atomic mass is 16.5. The van der Waals surface area contributed by atoms with Gasteiger partial charge in [0.2, 0.25) is 0 Å². The van der Waals surface area contributed by atoms with Gasteiger partial charge in [-0.15, -0.1) is 0 Å². The molecule has 3 rings (SSSR count). The maximum Gasteiger partial charge on any atom is 0.326 e. The number of carbonyl (C=O) groups is 1. The molecule has 25 heavy (non-hydrogen) atoms. The average molecular weight is 340 g/mol. The predicted octanol–water partition coefficient (Wildman–Crippen LogP) is 4.52. The molecule has 0 bridgehead atoms. The Morgan fingerprint density at radius 3 is 2.68 bits per heavy atom. The number of carbonyl (C=O) groups excluding carboxylic acids is 1. The number of amides is 2. The van der Waals surface area contributed by atoms with Gasteiger partial charge in [0.05, 0.1) is 25.0 Å². The van der Waals surface area contributed by atoms with E-state index in [1.165, 1.54) is 0 Å². The molecular weight excluding hydrogens is 316 g/mol. The Morgan fingerprint density at radius 2 is 1.96 bits per heavy atom. The van der Waals surface area contributed by atoms with Crippen LogP contribution in [0.5, 0.6) is 11.5 Å². The summed E-state index contributed by atoms with van der Waals surface area (Å²) in [6, 6.07) is 11.4. The number of methoxy groups -OCH3 is 1. The first-order valence-corrected chi connectivity index (χ1v) is 8.52. The lowest BCUT2D eigenvalue weighted by Gasteiger charge is -2.34. The van der Waals surface area contributed by atoms with Crippen molar-refractivity contribution in [1.82, 2.24) is 0 Å². The van der Waals surface area contributed by atoms with Crippen LogP contribution < -0.4 is 19.7 Å². The summed E-state index contributed by atoms with van der Waals surface area (Å²) in [6.07, 6.45) is 0.825. The Bertz CT molecular complexity index is 789. The molecule has 2 aromatic carbocycles. The molecule has 5 nitrogen and oxygen atoms in total. The lowest BCUT2D eigenvalue weighted by atomic mass is 10.1. The van der Waals surface area contributed by atoms with E-state index in [4.69, 9.17) is 9.47 Å². The Kier molecular flexibility index (Phi) is 4.83. The summed E-state index contributed by atoms with van der Waals surface area (Å²) in [6.45, 7) is 6.57. The highest BCUT2D eigenvalue weighted by Gasteiger charge is 2.29. The number of nitrogens with one attached hydrogen (secondary N) is 1. The molecule has 0 radical (unpaired) electrons. The van der Waals surface area contributed by atoms with Gasteiger partial charge >= 0.3 is 6.03 Å².